The number of thiophene rings is 1. The van der Waals surface area contributed by atoms with E-state index in [2.05, 4.69) is 20.7 Å². The summed E-state index contributed by atoms with van der Waals surface area (Å²) in [6, 6.07) is 3.32. The minimum atomic E-state index is -3.40. The molecule has 2 unspecified atom stereocenters. The highest BCUT2D eigenvalue weighted by Gasteiger charge is 2.23. The Bertz CT molecular complexity index is 500. The molecule has 0 aliphatic heterocycles. The number of hydrogen-bond donors (Lipinski definition) is 2. The van der Waals surface area contributed by atoms with Crippen molar-refractivity contribution in [1.82, 2.24) is 4.72 Å². The van der Waals surface area contributed by atoms with E-state index in [1.165, 1.54) is 11.3 Å². The molecule has 1 aromatic heterocycles. The fourth-order valence-electron chi connectivity index (χ4n) is 2.19. The first-order valence-corrected chi connectivity index (χ1v) is 9.00. The molecule has 0 aromatic carbocycles. The second-order valence-electron chi connectivity index (χ2n) is 4.60. The van der Waals surface area contributed by atoms with Crippen LogP contribution in [0.25, 0.3) is 0 Å². The van der Waals surface area contributed by atoms with Gasteiger partial charge in [-0.15, -0.1) is 11.3 Å². The Balaban J connectivity index is 1.93. The Kier molecular flexibility index (Phi) is 4.82. The number of sulfonamides is 1. The van der Waals surface area contributed by atoms with E-state index in [0.717, 1.165) is 23.0 Å². The first-order valence-electron chi connectivity index (χ1n) is 5.90. The van der Waals surface area contributed by atoms with Crippen LogP contribution in [0.1, 0.15) is 25.7 Å². The third-order valence-corrected chi connectivity index (χ3v) is 6.67. The first-order chi connectivity index (χ1) is 8.47. The standard InChI is InChI=1S/C11H16BrNO3S2/c12-10-4-5-11(17-10)18(15,16)13-7-8-2-1-3-9(14)6-8/h4-5,8-9,13-14H,1-3,6-7H2. The molecule has 1 saturated carbocycles. The van der Waals surface area contributed by atoms with E-state index in [4.69, 9.17) is 0 Å². The summed E-state index contributed by atoms with van der Waals surface area (Å²) in [5, 5.41) is 9.55. The Morgan fingerprint density at radius 3 is 2.83 bits per heavy atom. The topological polar surface area (TPSA) is 66.4 Å². The van der Waals surface area contributed by atoms with Crippen LogP contribution < -0.4 is 4.72 Å². The number of aliphatic hydroxyl groups is 1. The van der Waals surface area contributed by atoms with Gasteiger partial charge in [-0.1, -0.05) is 6.42 Å². The van der Waals surface area contributed by atoms with Gasteiger partial charge in [-0.2, -0.15) is 0 Å². The third kappa shape index (κ3) is 3.77. The molecule has 0 amide bonds. The van der Waals surface area contributed by atoms with Crippen LogP contribution in [0.2, 0.25) is 0 Å². The molecule has 0 radical (unpaired) electrons. The van der Waals surface area contributed by atoms with E-state index in [9.17, 15) is 13.5 Å². The molecule has 2 N–H and O–H groups in total. The van der Waals surface area contributed by atoms with Gasteiger partial charge in [-0.05, 0) is 53.2 Å². The maximum Gasteiger partial charge on any atom is 0.250 e. The molecule has 102 valence electrons. The molecule has 0 saturated heterocycles. The molecule has 1 fully saturated rings. The molecule has 1 heterocycles. The summed E-state index contributed by atoms with van der Waals surface area (Å²) >= 11 is 4.45. The number of rotatable bonds is 4. The molecule has 1 aliphatic rings. The zero-order chi connectivity index (χ0) is 13.2. The average Bonchev–Trinajstić information content (AvgIpc) is 2.74. The van der Waals surface area contributed by atoms with Crippen LogP contribution in [0.4, 0.5) is 0 Å². The maximum atomic E-state index is 12.0. The van der Waals surface area contributed by atoms with E-state index < -0.39 is 10.0 Å². The zero-order valence-electron chi connectivity index (χ0n) is 9.80. The summed E-state index contributed by atoms with van der Waals surface area (Å²) < 4.78 is 27.7. The Morgan fingerprint density at radius 1 is 1.44 bits per heavy atom. The molecule has 2 rings (SSSR count). The van der Waals surface area contributed by atoms with Gasteiger partial charge < -0.3 is 5.11 Å². The first kappa shape index (κ1) is 14.5. The molecule has 1 aromatic rings. The van der Waals surface area contributed by atoms with E-state index in [1.807, 2.05) is 0 Å². The zero-order valence-corrected chi connectivity index (χ0v) is 13.0. The van der Waals surface area contributed by atoms with Gasteiger partial charge in [0.25, 0.3) is 0 Å². The smallest absolute Gasteiger partial charge is 0.250 e. The summed E-state index contributed by atoms with van der Waals surface area (Å²) in [4.78, 5) is 0. The predicted molar refractivity (Wildman–Crippen MR) is 75.2 cm³/mol. The highest BCUT2D eigenvalue weighted by atomic mass is 79.9. The number of nitrogens with one attached hydrogen (secondary N) is 1. The largest absolute Gasteiger partial charge is 0.393 e. The van der Waals surface area contributed by atoms with E-state index >= 15 is 0 Å². The SMILES string of the molecule is O=S(=O)(NCC1CCCC(O)C1)c1ccc(Br)s1. The molecule has 18 heavy (non-hydrogen) atoms. The minimum absolute atomic E-state index is 0.243. The average molecular weight is 354 g/mol. The molecule has 4 nitrogen and oxygen atoms in total. The highest BCUT2D eigenvalue weighted by Crippen LogP contribution is 2.27. The fraction of sp³-hybridized carbons (Fsp3) is 0.636. The summed E-state index contributed by atoms with van der Waals surface area (Å²) in [5.41, 5.74) is 0. The van der Waals surface area contributed by atoms with Gasteiger partial charge in [0.2, 0.25) is 10.0 Å². The van der Waals surface area contributed by atoms with Crippen molar-refractivity contribution in [3.8, 4) is 0 Å². The monoisotopic (exact) mass is 353 g/mol. The van der Waals surface area contributed by atoms with Crippen LogP contribution in [0.5, 0.6) is 0 Å². The van der Waals surface area contributed by atoms with Crippen molar-refractivity contribution in [2.45, 2.75) is 36.0 Å². The van der Waals surface area contributed by atoms with Crippen LogP contribution in [0.15, 0.2) is 20.1 Å². The van der Waals surface area contributed by atoms with Crippen molar-refractivity contribution in [1.29, 1.82) is 0 Å². The Labute approximate surface area is 120 Å². The van der Waals surface area contributed by atoms with Crippen molar-refractivity contribution in [2.24, 2.45) is 5.92 Å². The second-order valence-corrected chi connectivity index (χ2v) is 9.05. The summed E-state index contributed by atoms with van der Waals surface area (Å²) in [5.74, 6) is 0.243. The van der Waals surface area contributed by atoms with Gasteiger partial charge in [0.15, 0.2) is 0 Å². The van der Waals surface area contributed by atoms with Gasteiger partial charge in [0.05, 0.1) is 9.89 Å². The minimum Gasteiger partial charge on any atom is -0.393 e. The quantitative estimate of drug-likeness (QED) is 0.872. The maximum absolute atomic E-state index is 12.0. The van der Waals surface area contributed by atoms with Gasteiger partial charge in [0.1, 0.15) is 4.21 Å². The van der Waals surface area contributed by atoms with Gasteiger partial charge in [0, 0.05) is 6.54 Å². The molecule has 0 bridgehead atoms. The van der Waals surface area contributed by atoms with Crippen LogP contribution in [-0.2, 0) is 10.0 Å². The van der Waals surface area contributed by atoms with E-state index in [-0.39, 0.29) is 12.0 Å². The Hall–Kier alpha value is 0.0500. The second kappa shape index (κ2) is 6.00. The van der Waals surface area contributed by atoms with Crippen molar-refractivity contribution in [3.05, 3.63) is 15.9 Å². The fourth-order valence-corrected chi connectivity index (χ4v) is 5.36. The molecule has 0 spiro atoms. The Morgan fingerprint density at radius 2 is 2.22 bits per heavy atom. The van der Waals surface area contributed by atoms with Gasteiger partial charge >= 0.3 is 0 Å². The van der Waals surface area contributed by atoms with E-state index in [0.29, 0.717) is 17.2 Å². The normalized spacial score (nSPS) is 25.2. The molecule has 7 heteroatoms. The third-order valence-electron chi connectivity index (χ3n) is 3.13. The number of aliphatic hydroxyl groups excluding tert-OH is 1. The number of hydrogen-bond acceptors (Lipinski definition) is 4. The lowest BCUT2D eigenvalue weighted by molar-refractivity contribution is 0.102. The molecule has 2 atom stereocenters. The lowest BCUT2D eigenvalue weighted by Gasteiger charge is -2.25. The van der Waals surface area contributed by atoms with Crippen molar-refractivity contribution < 1.29 is 13.5 Å². The van der Waals surface area contributed by atoms with Gasteiger partial charge in [-0.25, -0.2) is 13.1 Å². The van der Waals surface area contributed by atoms with Crippen LogP contribution in [0, 0.1) is 5.92 Å². The predicted octanol–water partition coefficient (Wildman–Crippen LogP) is 2.34. The van der Waals surface area contributed by atoms with Crippen molar-refractivity contribution in [2.75, 3.05) is 6.54 Å². The molecular weight excluding hydrogens is 338 g/mol. The summed E-state index contributed by atoms with van der Waals surface area (Å²) in [6.45, 7) is 0.412. The van der Waals surface area contributed by atoms with Crippen LogP contribution >= 0.6 is 27.3 Å². The lowest BCUT2D eigenvalue weighted by atomic mass is 9.87. The van der Waals surface area contributed by atoms with Crippen LogP contribution in [-0.4, -0.2) is 26.2 Å². The van der Waals surface area contributed by atoms with Crippen molar-refractivity contribution in [3.63, 3.8) is 0 Å². The summed E-state index contributed by atoms with van der Waals surface area (Å²) in [7, 11) is -3.40. The van der Waals surface area contributed by atoms with Crippen LogP contribution in [0.3, 0.4) is 0 Å². The van der Waals surface area contributed by atoms with Gasteiger partial charge in [-0.3, -0.25) is 0 Å². The highest BCUT2D eigenvalue weighted by molar-refractivity contribution is 9.11. The summed E-state index contributed by atoms with van der Waals surface area (Å²) in [6.07, 6.45) is 3.20. The number of halogens is 1. The molecule has 1 aliphatic carbocycles. The lowest BCUT2D eigenvalue weighted by Crippen LogP contribution is -2.32. The van der Waals surface area contributed by atoms with Crippen molar-refractivity contribution >= 4 is 37.3 Å². The molecular formula is C11H16BrNO3S2. The van der Waals surface area contributed by atoms with E-state index in [1.54, 1.807) is 12.1 Å².